The zero-order valence-electron chi connectivity index (χ0n) is 11.2. The van der Waals surface area contributed by atoms with Gasteiger partial charge in [0.2, 0.25) is 0 Å². The van der Waals surface area contributed by atoms with Crippen molar-refractivity contribution in [2.24, 2.45) is 5.41 Å². The summed E-state index contributed by atoms with van der Waals surface area (Å²) in [5.74, 6) is 0. The van der Waals surface area contributed by atoms with E-state index in [0.29, 0.717) is 6.04 Å². The lowest BCUT2D eigenvalue weighted by molar-refractivity contribution is 0.359. The Hall–Kier alpha value is -1.09. The molecule has 1 aromatic carbocycles. The molecule has 0 amide bonds. The number of aryl methyl sites for hydroxylation is 1. The SMILES string of the molecule is Cc1ccc2nc(NC(C)C(C)(C)C)sc2c1. The number of fused-ring (bicyclic) bond motifs is 1. The Morgan fingerprint density at radius 1 is 1.29 bits per heavy atom. The minimum atomic E-state index is 0.244. The Kier molecular flexibility index (Phi) is 3.13. The smallest absolute Gasteiger partial charge is 0.184 e. The third-order valence-corrected chi connectivity index (χ3v) is 4.13. The number of thiazole rings is 1. The molecule has 1 aromatic heterocycles. The summed E-state index contributed by atoms with van der Waals surface area (Å²) >= 11 is 1.73. The van der Waals surface area contributed by atoms with Crippen LogP contribution in [-0.4, -0.2) is 11.0 Å². The van der Waals surface area contributed by atoms with E-state index in [1.165, 1.54) is 10.3 Å². The third kappa shape index (κ3) is 2.78. The molecule has 0 bridgehead atoms. The Labute approximate surface area is 107 Å². The second-order valence-corrected chi connectivity index (χ2v) is 6.75. The predicted octanol–water partition coefficient (Wildman–Crippen LogP) is 4.45. The molecule has 1 unspecified atom stereocenters. The molecule has 2 aromatic rings. The Balaban J connectivity index is 2.25. The fourth-order valence-corrected chi connectivity index (χ4v) is 2.55. The molecular formula is C14H20N2S. The van der Waals surface area contributed by atoms with E-state index in [2.05, 4.69) is 63.1 Å². The molecule has 2 nitrogen and oxygen atoms in total. The Bertz CT molecular complexity index is 522. The number of anilines is 1. The average molecular weight is 248 g/mol. The molecule has 1 heterocycles. The van der Waals surface area contributed by atoms with Crippen molar-refractivity contribution < 1.29 is 0 Å². The number of benzene rings is 1. The summed E-state index contributed by atoms with van der Waals surface area (Å²) in [4.78, 5) is 4.61. The summed E-state index contributed by atoms with van der Waals surface area (Å²) in [6, 6.07) is 6.80. The zero-order valence-corrected chi connectivity index (χ0v) is 12.0. The first-order chi connectivity index (χ1) is 7.86. The van der Waals surface area contributed by atoms with Crippen LogP contribution < -0.4 is 5.32 Å². The van der Waals surface area contributed by atoms with E-state index < -0.39 is 0 Å². The monoisotopic (exact) mass is 248 g/mol. The third-order valence-electron chi connectivity index (χ3n) is 3.18. The summed E-state index contributed by atoms with van der Waals surface area (Å²) in [6.45, 7) is 11.0. The highest BCUT2D eigenvalue weighted by Crippen LogP contribution is 2.29. The van der Waals surface area contributed by atoms with E-state index in [1.807, 2.05) is 0 Å². The maximum absolute atomic E-state index is 4.61. The summed E-state index contributed by atoms with van der Waals surface area (Å²) in [5, 5.41) is 4.52. The summed E-state index contributed by atoms with van der Waals surface area (Å²) in [6.07, 6.45) is 0. The van der Waals surface area contributed by atoms with Crippen molar-refractivity contribution in [3.05, 3.63) is 23.8 Å². The van der Waals surface area contributed by atoms with E-state index in [9.17, 15) is 0 Å². The number of nitrogens with one attached hydrogen (secondary N) is 1. The van der Waals surface area contributed by atoms with Gasteiger partial charge in [0.15, 0.2) is 5.13 Å². The van der Waals surface area contributed by atoms with E-state index in [-0.39, 0.29) is 5.41 Å². The topological polar surface area (TPSA) is 24.9 Å². The number of aromatic nitrogens is 1. The summed E-state index contributed by atoms with van der Waals surface area (Å²) in [7, 11) is 0. The van der Waals surface area contributed by atoms with Crippen molar-refractivity contribution in [1.29, 1.82) is 0 Å². The fourth-order valence-electron chi connectivity index (χ4n) is 1.50. The second kappa shape index (κ2) is 4.30. The van der Waals surface area contributed by atoms with E-state index in [4.69, 9.17) is 0 Å². The first kappa shape index (κ1) is 12.4. The quantitative estimate of drug-likeness (QED) is 0.849. The minimum absolute atomic E-state index is 0.244. The highest BCUT2D eigenvalue weighted by Gasteiger charge is 2.20. The maximum Gasteiger partial charge on any atom is 0.184 e. The molecule has 1 atom stereocenters. The van der Waals surface area contributed by atoms with Crippen molar-refractivity contribution >= 4 is 26.7 Å². The van der Waals surface area contributed by atoms with Gasteiger partial charge in [-0.2, -0.15) is 0 Å². The number of hydrogen-bond acceptors (Lipinski definition) is 3. The predicted molar refractivity (Wildman–Crippen MR) is 76.9 cm³/mol. The minimum Gasteiger partial charge on any atom is -0.359 e. The molecule has 17 heavy (non-hydrogen) atoms. The molecule has 0 aliphatic heterocycles. The molecule has 0 saturated heterocycles. The van der Waals surface area contributed by atoms with Crippen LogP contribution in [0.15, 0.2) is 18.2 Å². The first-order valence-corrected chi connectivity index (χ1v) is 6.81. The average Bonchev–Trinajstić information content (AvgIpc) is 2.57. The fraction of sp³-hybridized carbons (Fsp3) is 0.500. The van der Waals surface area contributed by atoms with Crippen LogP contribution in [0.3, 0.4) is 0 Å². The number of hydrogen-bond donors (Lipinski definition) is 1. The van der Waals surface area contributed by atoms with Gasteiger partial charge in [0.1, 0.15) is 0 Å². The van der Waals surface area contributed by atoms with Crippen LogP contribution in [0, 0.1) is 12.3 Å². The number of nitrogens with zero attached hydrogens (tertiary/aromatic N) is 1. The highest BCUT2D eigenvalue weighted by atomic mass is 32.1. The maximum atomic E-state index is 4.61. The Morgan fingerprint density at radius 2 is 2.00 bits per heavy atom. The van der Waals surface area contributed by atoms with Crippen LogP contribution in [0.2, 0.25) is 0 Å². The molecule has 0 spiro atoms. The van der Waals surface area contributed by atoms with Gasteiger partial charge < -0.3 is 5.32 Å². The van der Waals surface area contributed by atoms with E-state index in [1.54, 1.807) is 11.3 Å². The van der Waals surface area contributed by atoms with Crippen LogP contribution in [0.5, 0.6) is 0 Å². The summed E-state index contributed by atoms with van der Waals surface area (Å²) < 4.78 is 1.26. The molecule has 0 saturated carbocycles. The van der Waals surface area contributed by atoms with Gasteiger partial charge in [-0.15, -0.1) is 0 Å². The molecule has 2 rings (SSSR count). The Morgan fingerprint density at radius 3 is 2.65 bits per heavy atom. The van der Waals surface area contributed by atoms with E-state index in [0.717, 1.165) is 10.6 Å². The van der Waals surface area contributed by atoms with Crippen molar-refractivity contribution in [2.75, 3.05) is 5.32 Å². The van der Waals surface area contributed by atoms with Crippen LogP contribution >= 0.6 is 11.3 Å². The van der Waals surface area contributed by atoms with Gasteiger partial charge >= 0.3 is 0 Å². The standard InChI is InChI=1S/C14H20N2S/c1-9-6-7-11-12(8-9)17-13(16-11)15-10(2)14(3,4)5/h6-8,10H,1-5H3,(H,15,16). The molecule has 3 heteroatoms. The molecule has 1 N–H and O–H groups in total. The van der Waals surface area contributed by atoms with Gasteiger partial charge in [0, 0.05) is 6.04 Å². The largest absolute Gasteiger partial charge is 0.359 e. The second-order valence-electron chi connectivity index (χ2n) is 5.72. The molecular weight excluding hydrogens is 228 g/mol. The first-order valence-electron chi connectivity index (χ1n) is 6.00. The van der Waals surface area contributed by atoms with Crippen molar-refractivity contribution in [2.45, 2.75) is 40.7 Å². The van der Waals surface area contributed by atoms with Crippen LogP contribution in [0.4, 0.5) is 5.13 Å². The van der Waals surface area contributed by atoms with Crippen LogP contribution in [-0.2, 0) is 0 Å². The lowest BCUT2D eigenvalue weighted by Gasteiger charge is -2.27. The van der Waals surface area contributed by atoms with Crippen molar-refractivity contribution in [3.63, 3.8) is 0 Å². The lowest BCUT2D eigenvalue weighted by atomic mass is 9.88. The molecule has 0 aliphatic carbocycles. The van der Waals surface area contributed by atoms with Gasteiger partial charge in [-0.05, 0) is 37.0 Å². The molecule has 0 radical (unpaired) electrons. The number of rotatable bonds is 2. The van der Waals surface area contributed by atoms with Gasteiger partial charge in [-0.3, -0.25) is 0 Å². The van der Waals surface area contributed by atoms with Crippen molar-refractivity contribution in [3.8, 4) is 0 Å². The molecule has 92 valence electrons. The highest BCUT2D eigenvalue weighted by molar-refractivity contribution is 7.22. The molecule has 0 aliphatic rings. The van der Waals surface area contributed by atoms with Gasteiger partial charge in [0.25, 0.3) is 0 Å². The summed E-state index contributed by atoms with van der Waals surface area (Å²) in [5.41, 5.74) is 2.62. The van der Waals surface area contributed by atoms with E-state index >= 15 is 0 Å². The van der Waals surface area contributed by atoms with Gasteiger partial charge in [-0.25, -0.2) is 4.98 Å². The van der Waals surface area contributed by atoms with Crippen molar-refractivity contribution in [1.82, 2.24) is 4.98 Å². The normalized spacial score (nSPS) is 13.9. The zero-order chi connectivity index (χ0) is 12.6. The van der Waals surface area contributed by atoms with Gasteiger partial charge in [0.05, 0.1) is 10.2 Å². The van der Waals surface area contributed by atoms with Gasteiger partial charge in [-0.1, -0.05) is 38.2 Å². The molecule has 0 fully saturated rings. The van der Waals surface area contributed by atoms with Crippen LogP contribution in [0.25, 0.3) is 10.2 Å². The lowest BCUT2D eigenvalue weighted by Crippen LogP contribution is -2.30. The van der Waals surface area contributed by atoms with Crippen LogP contribution in [0.1, 0.15) is 33.3 Å².